The van der Waals surface area contributed by atoms with E-state index in [-0.39, 0.29) is 11.6 Å². The van der Waals surface area contributed by atoms with E-state index in [0.29, 0.717) is 34.5 Å². The maximum Gasteiger partial charge on any atom is 0.161 e. The molecule has 336 valence electrons. The van der Waals surface area contributed by atoms with E-state index in [9.17, 15) is 17.6 Å². The highest BCUT2D eigenvalue weighted by Crippen LogP contribution is 2.27. The van der Waals surface area contributed by atoms with Gasteiger partial charge in [-0.15, -0.1) is 0 Å². The van der Waals surface area contributed by atoms with E-state index < -0.39 is 11.6 Å². The molecule has 0 radical (unpaired) electrons. The molecule has 6 heteroatoms. The molecule has 0 aromatic heterocycles. The van der Waals surface area contributed by atoms with E-state index in [1.54, 1.807) is 38.1 Å². The van der Waals surface area contributed by atoms with Gasteiger partial charge in [0.15, 0.2) is 11.6 Å². The summed E-state index contributed by atoms with van der Waals surface area (Å²) in [6, 6.07) is 22.0. The molecule has 4 unspecified atom stereocenters. The predicted octanol–water partition coefficient (Wildman–Crippen LogP) is 16.2. The summed E-state index contributed by atoms with van der Waals surface area (Å²) >= 11 is 0. The topological polar surface area (TPSA) is 18.5 Å². The van der Waals surface area contributed by atoms with Crippen LogP contribution in [0.3, 0.4) is 0 Å². The third-order valence-corrected chi connectivity index (χ3v) is 11.1. The lowest BCUT2D eigenvalue weighted by atomic mass is 9.84. The third-order valence-electron chi connectivity index (χ3n) is 11.1. The second kappa shape index (κ2) is 29.7. The van der Waals surface area contributed by atoms with Gasteiger partial charge in [0.2, 0.25) is 0 Å². The highest BCUT2D eigenvalue weighted by atomic mass is 19.2. The highest BCUT2D eigenvalue weighted by Gasteiger charge is 2.15. The van der Waals surface area contributed by atoms with Crippen LogP contribution in [-0.2, 0) is 9.47 Å². The third kappa shape index (κ3) is 24.7. The van der Waals surface area contributed by atoms with Gasteiger partial charge in [-0.3, -0.25) is 0 Å². The van der Waals surface area contributed by atoms with E-state index in [1.807, 2.05) is 26.0 Å². The van der Waals surface area contributed by atoms with Crippen molar-refractivity contribution in [2.45, 2.75) is 161 Å². The van der Waals surface area contributed by atoms with Crippen molar-refractivity contribution in [2.24, 2.45) is 23.7 Å². The fourth-order valence-electron chi connectivity index (χ4n) is 6.23. The van der Waals surface area contributed by atoms with Crippen molar-refractivity contribution < 1.29 is 27.0 Å². The Hall–Kier alpha value is -3.48. The van der Waals surface area contributed by atoms with Gasteiger partial charge in [0.25, 0.3) is 0 Å². The fraction of sp³-hybridized carbons (Fsp3) is 0.556. The second-order valence-electron chi connectivity index (χ2n) is 18.0. The minimum absolute atomic E-state index is 0.116. The van der Waals surface area contributed by atoms with Crippen molar-refractivity contribution in [3.05, 3.63) is 141 Å². The maximum atomic E-state index is 12.6. The fourth-order valence-corrected chi connectivity index (χ4v) is 6.23. The van der Waals surface area contributed by atoms with Crippen molar-refractivity contribution in [3.8, 4) is 0 Å². The minimum atomic E-state index is -0.736. The van der Waals surface area contributed by atoms with Crippen LogP contribution in [0.5, 0.6) is 0 Å². The minimum Gasteiger partial charge on any atom is -0.378 e. The zero-order valence-electron chi connectivity index (χ0n) is 39.8. The van der Waals surface area contributed by atoms with E-state index >= 15 is 0 Å². The number of benzene rings is 4. The summed E-state index contributed by atoms with van der Waals surface area (Å²) in [6.07, 6.45) is 12.1. The average Bonchev–Trinajstić information content (AvgIpc) is 3.21. The second-order valence-corrected chi connectivity index (χ2v) is 18.0. The molecule has 0 spiro atoms. The molecule has 4 atom stereocenters. The number of hydrogen-bond acceptors (Lipinski definition) is 2. The first-order valence-electron chi connectivity index (χ1n) is 22.3. The Morgan fingerprint density at radius 3 is 0.850 bits per heavy atom. The summed E-state index contributed by atoms with van der Waals surface area (Å²) in [7, 11) is 0. The van der Waals surface area contributed by atoms with E-state index in [4.69, 9.17) is 9.47 Å². The quantitative estimate of drug-likeness (QED) is 0.164. The normalized spacial score (nSPS) is 21.7. The van der Waals surface area contributed by atoms with E-state index in [0.717, 1.165) is 48.0 Å². The van der Waals surface area contributed by atoms with Crippen LogP contribution in [-0.4, -0.2) is 25.4 Å². The first kappa shape index (κ1) is 54.5. The SMILES string of the molecule is CC1CCC(C)CC1.CC1CCC(C)OC1.CC1CCC(C)OC1.Cc1ccc(C)c(F)c1.Cc1ccc(C)c(F)c1.Cc1ccc(C)c(F)c1F.Cc1ccc(C)cc1. The van der Waals surface area contributed by atoms with Crippen LogP contribution >= 0.6 is 0 Å². The zero-order chi connectivity index (χ0) is 45.4. The van der Waals surface area contributed by atoms with Gasteiger partial charge < -0.3 is 9.47 Å². The molecule has 1 aliphatic carbocycles. The molecule has 0 amide bonds. The molecule has 2 nitrogen and oxygen atoms in total. The molecule has 2 heterocycles. The number of rotatable bonds is 0. The smallest absolute Gasteiger partial charge is 0.161 e. The van der Waals surface area contributed by atoms with Crippen molar-refractivity contribution in [2.75, 3.05) is 13.2 Å². The average molecular weight is 837 g/mol. The molecular weight excluding hydrogens is 757 g/mol. The molecule has 0 N–H and O–H groups in total. The van der Waals surface area contributed by atoms with Gasteiger partial charge in [0.05, 0.1) is 12.2 Å². The van der Waals surface area contributed by atoms with Crippen molar-refractivity contribution in [3.63, 3.8) is 0 Å². The number of ether oxygens (including phenoxy) is 2. The van der Waals surface area contributed by atoms with Gasteiger partial charge in [-0.1, -0.05) is 125 Å². The summed E-state index contributed by atoms with van der Waals surface area (Å²) in [5.74, 6) is 1.93. The van der Waals surface area contributed by atoms with Gasteiger partial charge in [-0.05, 0) is 164 Å². The summed E-state index contributed by atoms with van der Waals surface area (Å²) in [5.41, 5.74) is 6.72. The molecule has 60 heavy (non-hydrogen) atoms. The maximum absolute atomic E-state index is 12.6. The summed E-state index contributed by atoms with van der Waals surface area (Å²) in [5, 5.41) is 0. The predicted molar refractivity (Wildman–Crippen MR) is 248 cm³/mol. The van der Waals surface area contributed by atoms with Gasteiger partial charge >= 0.3 is 0 Å². The molecular formula is C54H80F4O2. The largest absolute Gasteiger partial charge is 0.378 e. The van der Waals surface area contributed by atoms with Gasteiger partial charge in [-0.25, -0.2) is 17.6 Å². The van der Waals surface area contributed by atoms with Crippen molar-refractivity contribution in [1.29, 1.82) is 0 Å². The molecule has 2 saturated heterocycles. The van der Waals surface area contributed by atoms with Crippen LogP contribution < -0.4 is 0 Å². The van der Waals surface area contributed by atoms with Crippen LogP contribution in [0.2, 0.25) is 0 Å². The summed E-state index contributed by atoms with van der Waals surface area (Å²) in [6.45, 7) is 30.0. The van der Waals surface area contributed by atoms with Crippen LogP contribution in [0.4, 0.5) is 17.6 Å². The lowest BCUT2D eigenvalue weighted by molar-refractivity contribution is 0.000174. The Morgan fingerprint density at radius 1 is 0.350 bits per heavy atom. The first-order valence-corrected chi connectivity index (χ1v) is 22.3. The highest BCUT2D eigenvalue weighted by molar-refractivity contribution is 5.24. The van der Waals surface area contributed by atoms with Crippen LogP contribution in [0, 0.1) is 102 Å². The molecule has 3 fully saturated rings. The molecule has 0 bridgehead atoms. The molecule has 4 aromatic rings. The number of hydrogen-bond donors (Lipinski definition) is 0. The Bertz CT molecular complexity index is 1550. The van der Waals surface area contributed by atoms with Crippen molar-refractivity contribution >= 4 is 0 Å². The van der Waals surface area contributed by atoms with Gasteiger partial charge in [0.1, 0.15) is 11.6 Å². The molecule has 3 aliphatic rings. The summed E-state index contributed by atoms with van der Waals surface area (Å²) < 4.78 is 61.2. The summed E-state index contributed by atoms with van der Waals surface area (Å²) in [4.78, 5) is 0. The Morgan fingerprint density at radius 2 is 0.617 bits per heavy atom. The van der Waals surface area contributed by atoms with Crippen LogP contribution in [0.25, 0.3) is 0 Å². The first-order chi connectivity index (χ1) is 28.2. The molecule has 1 saturated carbocycles. The van der Waals surface area contributed by atoms with Crippen LogP contribution in [0.1, 0.15) is 137 Å². The number of halogens is 4. The van der Waals surface area contributed by atoms with Crippen molar-refractivity contribution in [1.82, 2.24) is 0 Å². The van der Waals surface area contributed by atoms with E-state index in [1.165, 1.54) is 88.5 Å². The lowest BCUT2D eigenvalue weighted by Crippen LogP contribution is -2.21. The zero-order valence-corrected chi connectivity index (χ0v) is 39.8. The van der Waals surface area contributed by atoms with E-state index in [2.05, 4.69) is 79.7 Å². The molecule has 4 aromatic carbocycles. The Kier molecular flexibility index (Phi) is 27.0. The lowest BCUT2D eigenvalue weighted by Gasteiger charge is -2.23. The monoisotopic (exact) mass is 837 g/mol. The van der Waals surface area contributed by atoms with Crippen LogP contribution in [0.15, 0.2) is 72.8 Å². The van der Waals surface area contributed by atoms with Gasteiger partial charge in [-0.2, -0.15) is 0 Å². The molecule has 2 aliphatic heterocycles. The number of aryl methyl sites for hydroxylation is 8. The standard InChI is InChI=1S/C8H8F2.2C8H9F.C8H16.C8H10.2C7H14O/c1-5-3-4-6(2)8(10)7(5)9;2*1-6-3-4-7(2)8(9)5-6;2*1-7-3-5-8(2)6-4-7;2*1-6-3-4-7(2)8-5-6/h3-4H,1-2H3;2*3-5H,1-2H3;7-8H,3-6H2,1-2H3;3-6H,1-2H3;2*6-7H,3-5H2,1-2H3. The Labute approximate surface area is 363 Å². The Balaban J connectivity index is 0.000000350. The molecule has 7 rings (SSSR count). The van der Waals surface area contributed by atoms with Gasteiger partial charge in [0, 0.05) is 13.2 Å².